The first kappa shape index (κ1) is 11.0. The van der Waals surface area contributed by atoms with Gasteiger partial charge >= 0.3 is 0 Å². The minimum atomic E-state index is 0.553. The number of aromatic nitrogens is 3. The molecule has 1 fully saturated rings. The van der Waals surface area contributed by atoms with Crippen LogP contribution >= 0.6 is 11.8 Å². The van der Waals surface area contributed by atoms with E-state index in [-0.39, 0.29) is 0 Å². The molecule has 3 heterocycles. The van der Waals surface area contributed by atoms with Crippen molar-refractivity contribution in [3.63, 3.8) is 0 Å². The molecule has 1 N–H and O–H groups in total. The van der Waals surface area contributed by atoms with Crippen molar-refractivity contribution in [2.24, 2.45) is 7.05 Å². The van der Waals surface area contributed by atoms with Crippen molar-refractivity contribution in [1.29, 1.82) is 0 Å². The van der Waals surface area contributed by atoms with Crippen LogP contribution in [0, 0.1) is 0 Å². The second-order valence-corrected chi connectivity index (χ2v) is 5.53. The highest BCUT2D eigenvalue weighted by molar-refractivity contribution is 7.99. The van der Waals surface area contributed by atoms with Gasteiger partial charge in [-0.3, -0.25) is 4.98 Å². The Morgan fingerprint density at radius 2 is 2.53 bits per heavy atom. The maximum absolute atomic E-state index is 4.66. The van der Waals surface area contributed by atoms with Crippen molar-refractivity contribution < 1.29 is 0 Å². The van der Waals surface area contributed by atoms with E-state index >= 15 is 0 Å². The Kier molecular flexibility index (Phi) is 3.03. The molecule has 1 aliphatic rings. The maximum atomic E-state index is 4.66. The molecule has 17 heavy (non-hydrogen) atoms. The molecule has 0 amide bonds. The summed E-state index contributed by atoms with van der Waals surface area (Å²) in [6, 6.07) is 2.58. The van der Waals surface area contributed by atoms with E-state index in [4.69, 9.17) is 0 Å². The number of hydrogen-bond acceptors (Lipinski definition) is 4. The number of thioether (sulfide) groups is 1. The van der Waals surface area contributed by atoms with Gasteiger partial charge in [0.15, 0.2) is 0 Å². The summed E-state index contributed by atoms with van der Waals surface area (Å²) in [6.07, 6.45) is 4.66. The third-order valence-corrected chi connectivity index (χ3v) is 4.33. The number of rotatable bonds is 2. The first-order chi connectivity index (χ1) is 8.34. The van der Waals surface area contributed by atoms with Gasteiger partial charge in [-0.25, -0.2) is 4.98 Å². The minimum absolute atomic E-state index is 0.553. The second-order valence-electron chi connectivity index (χ2n) is 4.38. The summed E-state index contributed by atoms with van der Waals surface area (Å²) in [4.78, 5) is 8.78. The molecule has 2 aromatic heterocycles. The number of imidazole rings is 1. The number of pyridine rings is 1. The fourth-order valence-electron chi connectivity index (χ4n) is 2.26. The fourth-order valence-corrected chi connectivity index (χ4v) is 3.20. The number of fused-ring (bicyclic) bond motifs is 1. The van der Waals surface area contributed by atoms with E-state index in [9.17, 15) is 0 Å². The molecular weight excluding hydrogens is 232 g/mol. The summed E-state index contributed by atoms with van der Waals surface area (Å²) in [5.74, 6) is 3.55. The standard InChI is InChI=1S/C12H16N4S/c1-16-11-2-3-13-7-10(11)15-12(16)6-9-8-17-5-4-14-9/h2-3,7,9,14H,4-6,8H2,1H3. The van der Waals surface area contributed by atoms with Gasteiger partial charge in [-0.1, -0.05) is 0 Å². The Morgan fingerprint density at radius 3 is 3.29 bits per heavy atom. The lowest BCUT2D eigenvalue weighted by Gasteiger charge is -2.22. The predicted molar refractivity (Wildman–Crippen MR) is 71.3 cm³/mol. The third-order valence-electron chi connectivity index (χ3n) is 3.20. The topological polar surface area (TPSA) is 42.7 Å². The zero-order valence-electron chi connectivity index (χ0n) is 9.89. The van der Waals surface area contributed by atoms with E-state index in [1.54, 1.807) is 0 Å². The van der Waals surface area contributed by atoms with Crippen molar-refractivity contribution in [2.45, 2.75) is 12.5 Å². The van der Waals surface area contributed by atoms with E-state index in [1.165, 1.54) is 17.0 Å². The quantitative estimate of drug-likeness (QED) is 0.867. The third kappa shape index (κ3) is 2.17. The molecule has 0 bridgehead atoms. The van der Waals surface area contributed by atoms with E-state index in [0.717, 1.165) is 24.3 Å². The summed E-state index contributed by atoms with van der Waals surface area (Å²) in [6.45, 7) is 1.11. The van der Waals surface area contributed by atoms with E-state index in [2.05, 4.69) is 26.9 Å². The fraction of sp³-hybridized carbons (Fsp3) is 0.500. The van der Waals surface area contributed by atoms with Gasteiger partial charge in [-0.2, -0.15) is 11.8 Å². The molecule has 4 nitrogen and oxygen atoms in total. The van der Waals surface area contributed by atoms with Gasteiger partial charge in [0.1, 0.15) is 11.3 Å². The van der Waals surface area contributed by atoms with Crippen LogP contribution in [0.1, 0.15) is 5.82 Å². The van der Waals surface area contributed by atoms with Gasteiger partial charge < -0.3 is 9.88 Å². The SMILES string of the molecule is Cn1c(CC2CSCCN2)nc2cnccc21. The van der Waals surface area contributed by atoms with Crippen LogP contribution in [0.2, 0.25) is 0 Å². The number of aryl methyl sites for hydroxylation is 1. The molecule has 0 spiro atoms. The molecule has 1 atom stereocenters. The summed E-state index contributed by atoms with van der Waals surface area (Å²) in [7, 11) is 2.08. The highest BCUT2D eigenvalue weighted by Crippen LogP contribution is 2.16. The highest BCUT2D eigenvalue weighted by atomic mass is 32.2. The molecule has 1 unspecified atom stereocenters. The molecule has 1 saturated heterocycles. The Bertz CT molecular complexity index is 516. The predicted octanol–water partition coefficient (Wildman–Crippen LogP) is 1.22. The second kappa shape index (κ2) is 4.66. The van der Waals surface area contributed by atoms with Gasteiger partial charge in [0.25, 0.3) is 0 Å². The van der Waals surface area contributed by atoms with Gasteiger partial charge in [0.2, 0.25) is 0 Å². The lowest BCUT2D eigenvalue weighted by Crippen LogP contribution is -2.39. The van der Waals surface area contributed by atoms with Gasteiger partial charge in [0.05, 0.1) is 11.7 Å². The largest absolute Gasteiger partial charge is 0.331 e. The minimum Gasteiger partial charge on any atom is -0.331 e. The first-order valence-electron chi connectivity index (χ1n) is 5.91. The molecule has 0 saturated carbocycles. The van der Waals surface area contributed by atoms with Crippen LogP contribution in [0.15, 0.2) is 18.5 Å². The monoisotopic (exact) mass is 248 g/mol. The van der Waals surface area contributed by atoms with Crippen LogP contribution in [-0.4, -0.2) is 38.6 Å². The van der Waals surface area contributed by atoms with Crippen LogP contribution in [0.3, 0.4) is 0 Å². The first-order valence-corrected chi connectivity index (χ1v) is 7.06. The van der Waals surface area contributed by atoms with Gasteiger partial charge in [-0.15, -0.1) is 0 Å². The Balaban J connectivity index is 1.87. The van der Waals surface area contributed by atoms with Gasteiger partial charge in [-0.05, 0) is 6.07 Å². The lowest BCUT2D eigenvalue weighted by molar-refractivity contribution is 0.543. The summed E-state index contributed by atoms with van der Waals surface area (Å²) < 4.78 is 2.18. The molecule has 0 aliphatic carbocycles. The van der Waals surface area contributed by atoms with Crippen LogP contribution in [0.4, 0.5) is 0 Å². The Labute approximate surface area is 105 Å². The van der Waals surface area contributed by atoms with Crippen LogP contribution in [-0.2, 0) is 13.5 Å². The summed E-state index contributed by atoms with van der Waals surface area (Å²) in [5, 5.41) is 3.55. The molecule has 5 heteroatoms. The van der Waals surface area contributed by atoms with Crippen LogP contribution in [0.5, 0.6) is 0 Å². The molecular formula is C12H16N4S. The molecule has 90 valence electrons. The van der Waals surface area contributed by atoms with Crippen molar-refractivity contribution in [3.05, 3.63) is 24.3 Å². The smallest absolute Gasteiger partial charge is 0.111 e. The molecule has 2 aromatic rings. The average Bonchev–Trinajstić information content (AvgIpc) is 2.68. The average molecular weight is 248 g/mol. The zero-order chi connectivity index (χ0) is 11.7. The van der Waals surface area contributed by atoms with E-state index in [1.807, 2.05) is 30.2 Å². The molecule has 0 aromatic carbocycles. The maximum Gasteiger partial charge on any atom is 0.111 e. The van der Waals surface area contributed by atoms with E-state index in [0.29, 0.717) is 6.04 Å². The van der Waals surface area contributed by atoms with Crippen molar-refractivity contribution in [2.75, 3.05) is 18.1 Å². The van der Waals surface area contributed by atoms with Crippen LogP contribution in [0.25, 0.3) is 11.0 Å². The lowest BCUT2D eigenvalue weighted by atomic mass is 10.2. The number of hydrogen-bond donors (Lipinski definition) is 1. The Morgan fingerprint density at radius 1 is 1.59 bits per heavy atom. The normalized spacial score (nSPS) is 20.9. The Hall–Kier alpha value is -1.07. The molecule has 1 aliphatic heterocycles. The summed E-state index contributed by atoms with van der Waals surface area (Å²) in [5.41, 5.74) is 2.16. The summed E-state index contributed by atoms with van der Waals surface area (Å²) >= 11 is 2.02. The highest BCUT2D eigenvalue weighted by Gasteiger charge is 2.16. The van der Waals surface area contributed by atoms with Crippen molar-refractivity contribution in [3.8, 4) is 0 Å². The number of nitrogens with one attached hydrogen (secondary N) is 1. The van der Waals surface area contributed by atoms with Gasteiger partial charge in [0, 0.05) is 43.8 Å². The molecule has 3 rings (SSSR count). The number of nitrogens with zero attached hydrogens (tertiary/aromatic N) is 3. The van der Waals surface area contributed by atoms with Crippen LogP contribution < -0.4 is 5.32 Å². The van der Waals surface area contributed by atoms with Crippen molar-refractivity contribution >= 4 is 22.8 Å². The van der Waals surface area contributed by atoms with Crippen molar-refractivity contribution in [1.82, 2.24) is 19.9 Å². The molecule has 0 radical (unpaired) electrons. The zero-order valence-corrected chi connectivity index (χ0v) is 10.7. The van der Waals surface area contributed by atoms with E-state index < -0.39 is 0 Å².